The van der Waals surface area contributed by atoms with Crippen molar-refractivity contribution < 1.29 is 4.39 Å². The molecule has 4 rings (SSSR count). The number of nitrogens with one attached hydrogen (secondary N) is 1. The summed E-state index contributed by atoms with van der Waals surface area (Å²) >= 11 is 1.83. The van der Waals surface area contributed by atoms with Gasteiger partial charge < -0.3 is 5.32 Å². The molecule has 2 aromatic rings. The molecular weight excluding hydrogens is 259 g/mol. The van der Waals surface area contributed by atoms with Gasteiger partial charge in [0.05, 0.1) is 10.7 Å². The van der Waals surface area contributed by atoms with E-state index in [-0.39, 0.29) is 5.82 Å². The lowest BCUT2D eigenvalue weighted by Crippen LogP contribution is -2.26. The monoisotopic (exact) mass is 274 g/mol. The largest absolute Gasteiger partial charge is 0.317 e. The maximum atomic E-state index is 13.2. The van der Waals surface area contributed by atoms with Gasteiger partial charge in [-0.1, -0.05) is 0 Å². The van der Waals surface area contributed by atoms with Crippen molar-refractivity contribution in [3.05, 3.63) is 39.5 Å². The molecule has 1 N–H and O–H groups in total. The minimum Gasteiger partial charge on any atom is -0.317 e. The fraction of sp³-hybridized carbons (Fsp3) is 0.400. The van der Waals surface area contributed by atoms with Gasteiger partial charge in [-0.2, -0.15) is 0 Å². The predicted molar refractivity (Wildman–Crippen MR) is 75.2 cm³/mol. The van der Waals surface area contributed by atoms with Crippen molar-refractivity contribution in [3.8, 4) is 11.3 Å². The van der Waals surface area contributed by atoms with Gasteiger partial charge in [0.25, 0.3) is 0 Å². The molecule has 2 nitrogen and oxygen atoms in total. The van der Waals surface area contributed by atoms with Gasteiger partial charge >= 0.3 is 0 Å². The summed E-state index contributed by atoms with van der Waals surface area (Å²) in [5.41, 5.74) is 3.33. The smallest absolute Gasteiger partial charge is 0.123 e. The first-order chi connectivity index (χ1) is 9.31. The van der Waals surface area contributed by atoms with E-state index in [9.17, 15) is 4.39 Å². The third-order valence-electron chi connectivity index (χ3n) is 4.08. The molecule has 19 heavy (non-hydrogen) atoms. The maximum Gasteiger partial charge on any atom is 0.123 e. The summed E-state index contributed by atoms with van der Waals surface area (Å²) in [4.78, 5) is 6.17. The normalized spacial score (nSPS) is 18.4. The van der Waals surface area contributed by atoms with Crippen molar-refractivity contribution in [1.82, 2.24) is 10.3 Å². The van der Waals surface area contributed by atoms with E-state index in [0.29, 0.717) is 5.92 Å². The van der Waals surface area contributed by atoms with Gasteiger partial charge in [-0.3, -0.25) is 0 Å². The fourth-order valence-electron chi connectivity index (χ4n) is 3.06. The Labute approximate surface area is 115 Å². The number of thiazole rings is 1. The number of rotatable bonds is 1. The summed E-state index contributed by atoms with van der Waals surface area (Å²) < 4.78 is 13.2. The van der Waals surface area contributed by atoms with Gasteiger partial charge in [-0.05, 0) is 49.7 Å². The Kier molecular flexibility index (Phi) is 2.67. The van der Waals surface area contributed by atoms with Crippen LogP contribution in [0.4, 0.5) is 4.39 Å². The lowest BCUT2D eigenvalue weighted by Gasteiger charge is -2.20. The van der Waals surface area contributed by atoms with Crippen LogP contribution in [-0.2, 0) is 6.42 Å². The van der Waals surface area contributed by atoms with Crippen molar-refractivity contribution in [2.75, 3.05) is 13.1 Å². The summed E-state index contributed by atoms with van der Waals surface area (Å²) in [5.74, 6) is 0.466. The van der Waals surface area contributed by atoms with Crippen LogP contribution in [0.2, 0.25) is 0 Å². The SMILES string of the molecule is Fc1ccc2c(c1)Cc1sc(C3CCNCC3)nc1-2. The summed E-state index contributed by atoms with van der Waals surface area (Å²) in [6.07, 6.45) is 3.22. The minimum atomic E-state index is -0.146. The number of fused-ring (bicyclic) bond motifs is 3. The van der Waals surface area contributed by atoms with E-state index in [0.717, 1.165) is 36.3 Å². The number of hydrogen-bond donors (Lipinski definition) is 1. The minimum absolute atomic E-state index is 0.146. The fourth-order valence-corrected chi connectivity index (χ4v) is 4.33. The van der Waals surface area contributed by atoms with E-state index < -0.39 is 0 Å². The van der Waals surface area contributed by atoms with Crippen LogP contribution < -0.4 is 5.32 Å². The molecule has 0 radical (unpaired) electrons. The van der Waals surface area contributed by atoms with Crippen LogP contribution >= 0.6 is 11.3 Å². The lowest BCUT2D eigenvalue weighted by atomic mass is 9.99. The molecule has 0 amide bonds. The number of aromatic nitrogens is 1. The highest BCUT2D eigenvalue weighted by Gasteiger charge is 2.27. The van der Waals surface area contributed by atoms with Crippen LogP contribution in [-0.4, -0.2) is 18.1 Å². The molecule has 1 aliphatic carbocycles. The number of halogens is 1. The molecule has 0 saturated carbocycles. The molecule has 1 fully saturated rings. The van der Waals surface area contributed by atoms with Crippen LogP contribution in [0.25, 0.3) is 11.3 Å². The van der Waals surface area contributed by atoms with Crippen LogP contribution in [0.15, 0.2) is 18.2 Å². The van der Waals surface area contributed by atoms with E-state index in [2.05, 4.69) is 5.32 Å². The van der Waals surface area contributed by atoms with Gasteiger partial charge in [-0.25, -0.2) is 9.37 Å². The summed E-state index contributed by atoms with van der Waals surface area (Å²) in [7, 11) is 0. The zero-order chi connectivity index (χ0) is 12.8. The zero-order valence-corrected chi connectivity index (χ0v) is 11.4. The van der Waals surface area contributed by atoms with E-state index in [1.165, 1.54) is 28.8 Å². The Bertz CT molecular complexity index is 629. The first-order valence-electron chi connectivity index (χ1n) is 6.80. The standard InChI is InChI=1S/C15H15FN2S/c16-11-1-2-12-10(7-11)8-13-14(12)18-15(19-13)9-3-5-17-6-4-9/h1-2,7,9,17H,3-6,8H2. The molecule has 1 saturated heterocycles. The molecule has 0 bridgehead atoms. The van der Waals surface area contributed by atoms with E-state index in [1.807, 2.05) is 17.4 Å². The third kappa shape index (κ3) is 1.90. The molecule has 4 heteroatoms. The topological polar surface area (TPSA) is 24.9 Å². The molecule has 1 aromatic heterocycles. The van der Waals surface area contributed by atoms with Crippen molar-refractivity contribution >= 4 is 11.3 Å². The zero-order valence-electron chi connectivity index (χ0n) is 10.6. The summed E-state index contributed by atoms with van der Waals surface area (Å²) in [6, 6.07) is 5.06. The highest BCUT2D eigenvalue weighted by Crippen LogP contribution is 2.42. The average Bonchev–Trinajstić information content (AvgIpc) is 2.96. The summed E-state index contributed by atoms with van der Waals surface area (Å²) in [5, 5.41) is 4.67. The molecule has 1 aliphatic heterocycles. The van der Waals surface area contributed by atoms with Crippen LogP contribution in [0, 0.1) is 5.82 Å². The second-order valence-corrected chi connectivity index (χ2v) is 6.44. The molecule has 0 spiro atoms. The third-order valence-corrected chi connectivity index (χ3v) is 5.29. The van der Waals surface area contributed by atoms with Crippen molar-refractivity contribution in [3.63, 3.8) is 0 Å². The van der Waals surface area contributed by atoms with E-state index >= 15 is 0 Å². The Morgan fingerprint density at radius 2 is 2.11 bits per heavy atom. The van der Waals surface area contributed by atoms with Crippen LogP contribution in [0.1, 0.15) is 34.2 Å². The lowest BCUT2D eigenvalue weighted by molar-refractivity contribution is 0.459. The van der Waals surface area contributed by atoms with Gasteiger partial charge in [-0.15, -0.1) is 11.3 Å². The first kappa shape index (κ1) is 11.6. The van der Waals surface area contributed by atoms with Crippen molar-refractivity contribution in [1.29, 1.82) is 0 Å². The van der Waals surface area contributed by atoms with E-state index in [1.54, 1.807) is 6.07 Å². The quantitative estimate of drug-likeness (QED) is 0.736. The van der Waals surface area contributed by atoms with Gasteiger partial charge in [0.1, 0.15) is 5.82 Å². The maximum absolute atomic E-state index is 13.2. The van der Waals surface area contributed by atoms with E-state index in [4.69, 9.17) is 4.98 Å². The number of nitrogens with zero attached hydrogens (tertiary/aromatic N) is 1. The number of benzene rings is 1. The van der Waals surface area contributed by atoms with Crippen LogP contribution in [0.5, 0.6) is 0 Å². The Balaban J connectivity index is 1.71. The van der Waals surface area contributed by atoms with Crippen molar-refractivity contribution in [2.24, 2.45) is 0 Å². The van der Waals surface area contributed by atoms with Crippen molar-refractivity contribution in [2.45, 2.75) is 25.2 Å². The number of piperidine rings is 1. The van der Waals surface area contributed by atoms with Gasteiger partial charge in [0.15, 0.2) is 0 Å². The first-order valence-corrected chi connectivity index (χ1v) is 7.62. The molecule has 2 aliphatic rings. The molecule has 98 valence electrons. The Morgan fingerprint density at radius 1 is 1.26 bits per heavy atom. The number of hydrogen-bond acceptors (Lipinski definition) is 3. The van der Waals surface area contributed by atoms with Gasteiger partial charge in [0.2, 0.25) is 0 Å². The highest BCUT2D eigenvalue weighted by molar-refractivity contribution is 7.12. The highest BCUT2D eigenvalue weighted by atomic mass is 32.1. The molecular formula is C15H15FN2S. The molecule has 1 aromatic carbocycles. The Morgan fingerprint density at radius 3 is 2.95 bits per heavy atom. The predicted octanol–water partition coefficient (Wildman–Crippen LogP) is 3.32. The Hall–Kier alpha value is -1.26. The average molecular weight is 274 g/mol. The molecule has 2 heterocycles. The second-order valence-electron chi connectivity index (χ2n) is 5.33. The molecule has 0 unspecified atom stereocenters. The summed E-state index contributed by atoms with van der Waals surface area (Å²) in [6.45, 7) is 2.19. The van der Waals surface area contributed by atoms with Crippen LogP contribution in [0.3, 0.4) is 0 Å². The molecule has 0 atom stereocenters. The van der Waals surface area contributed by atoms with Gasteiger partial charge in [0, 0.05) is 22.8 Å². The second kappa shape index (κ2) is 4.39.